The summed E-state index contributed by atoms with van der Waals surface area (Å²) in [6, 6.07) is 23.4. The molecule has 1 aliphatic carbocycles. The summed E-state index contributed by atoms with van der Waals surface area (Å²) < 4.78 is 20.0. The van der Waals surface area contributed by atoms with Gasteiger partial charge in [-0.05, 0) is 43.0 Å². The van der Waals surface area contributed by atoms with Gasteiger partial charge in [0.1, 0.15) is 11.6 Å². The van der Waals surface area contributed by atoms with Crippen LogP contribution in [0.25, 0.3) is 0 Å². The lowest BCUT2D eigenvalue weighted by molar-refractivity contribution is -0.116. The lowest BCUT2D eigenvalue weighted by Crippen LogP contribution is -2.37. The van der Waals surface area contributed by atoms with E-state index in [0.717, 1.165) is 16.8 Å². The Morgan fingerprint density at radius 1 is 0.972 bits per heavy atom. The van der Waals surface area contributed by atoms with Crippen LogP contribution in [0.15, 0.2) is 101 Å². The zero-order valence-electron chi connectivity index (χ0n) is 20.2. The van der Waals surface area contributed by atoms with Crippen molar-refractivity contribution in [3.63, 3.8) is 0 Å². The molecule has 3 aromatic rings. The molecule has 1 aliphatic heterocycles. The Morgan fingerprint density at radius 3 is 2.42 bits per heavy atom. The summed E-state index contributed by atoms with van der Waals surface area (Å²) in [6.45, 7) is 1.82. The molecular formula is C30H27FN2O3. The number of ether oxygens (including phenoxy) is 1. The Morgan fingerprint density at radius 2 is 1.67 bits per heavy atom. The summed E-state index contributed by atoms with van der Waals surface area (Å²) in [6.07, 6.45) is 0.994. The van der Waals surface area contributed by atoms with Crippen LogP contribution in [0.4, 0.5) is 10.1 Å². The van der Waals surface area contributed by atoms with E-state index in [0.29, 0.717) is 35.4 Å². The molecule has 0 saturated heterocycles. The number of dihydropyridines is 1. The molecule has 0 bridgehead atoms. The van der Waals surface area contributed by atoms with Crippen molar-refractivity contribution in [3.8, 4) is 5.75 Å². The average Bonchev–Trinajstić information content (AvgIpc) is 2.89. The minimum atomic E-state index is -0.645. The highest BCUT2D eigenvalue weighted by molar-refractivity contribution is 6.10. The van der Waals surface area contributed by atoms with E-state index in [2.05, 4.69) is 10.6 Å². The SMILES string of the molecule is COc1ccccc1[C@H]1C(C(=O)Nc2ccccc2F)=C(C)NC2=C1C(=O)C[C@H](c1ccccc1)C2. The van der Waals surface area contributed by atoms with E-state index in [4.69, 9.17) is 4.74 Å². The smallest absolute Gasteiger partial charge is 0.254 e. The van der Waals surface area contributed by atoms with Gasteiger partial charge in [0.05, 0.1) is 18.7 Å². The molecule has 0 saturated carbocycles. The number of rotatable bonds is 5. The van der Waals surface area contributed by atoms with Crippen LogP contribution in [0.3, 0.4) is 0 Å². The second-order valence-electron chi connectivity index (χ2n) is 9.10. The van der Waals surface area contributed by atoms with E-state index in [1.54, 1.807) is 19.2 Å². The van der Waals surface area contributed by atoms with Crippen molar-refractivity contribution in [2.75, 3.05) is 12.4 Å². The number of nitrogens with one attached hydrogen (secondary N) is 2. The summed E-state index contributed by atoms with van der Waals surface area (Å²) in [4.78, 5) is 27.4. The standard InChI is InChI=1S/C30H27FN2O3/c1-18-27(30(35)33-23-14-8-7-13-22(23)31)28(21-12-6-9-15-26(21)36-2)29-24(32-18)16-20(17-25(29)34)19-10-4-3-5-11-19/h3-15,20,28,32H,16-17H2,1-2H3,(H,33,35)/t20-,28+/m1/s1. The van der Waals surface area contributed by atoms with Crippen molar-refractivity contribution in [2.45, 2.75) is 31.6 Å². The number of halogens is 1. The highest BCUT2D eigenvalue weighted by atomic mass is 19.1. The number of allylic oxidation sites excluding steroid dienone is 3. The maximum absolute atomic E-state index is 14.4. The van der Waals surface area contributed by atoms with Crippen LogP contribution in [-0.2, 0) is 9.59 Å². The van der Waals surface area contributed by atoms with Crippen molar-refractivity contribution < 1.29 is 18.7 Å². The maximum atomic E-state index is 14.4. The molecule has 1 amide bonds. The lowest BCUT2D eigenvalue weighted by atomic mass is 9.71. The Labute approximate surface area is 209 Å². The fourth-order valence-electron chi connectivity index (χ4n) is 5.27. The van der Waals surface area contributed by atoms with Crippen molar-refractivity contribution in [3.05, 3.63) is 118 Å². The van der Waals surface area contributed by atoms with Crippen LogP contribution >= 0.6 is 0 Å². The van der Waals surface area contributed by atoms with Crippen molar-refractivity contribution >= 4 is 17.4 Å². The van der Waals surface area contributed by atoms with E-state index >= 15 is 0 Å². The number of hydrogen-bond acceptors (Lipinski definition) is 4. The Balaban J connectivity index is 1.60. The Hall–Kier alpha value is -4.19. The van der Waals surface area contributed by atoms with Gasteiger partial charge < -0.3 is 15.4 Å². The molecule has 2 atom stereocenters. The number of methoxy groups -OCH3 is 1. The molecule has 0 spiro atoms. The molecule has 36 heavy (non-hydrogen) atoms. The third kappa shape index (κ3) is 4.31. The molecule has 0 unspecified atom stereocenters. The molecule has 0 fully saturated rings. The number of carbonyl (C=O) groups is 2. The second-order valence-corrected chi connectivity index (χ2v) is 9.10. The first-order valence-electron chi connectivity index (χ1n) is 12.0. The van der Waals surface area contributed by atoms with Crippen molar-refractivity contribution in [1.29, 1.82) is 0 Å². The molecule has 0 radical (unpaired) electrons. The van der Waals surface area contributed by atoms with Gasteiger partial charge in [0, 0.05) is 34.5 Å². The quantitative estimate of drug-likeness (QED) is 0.480. The van der Waals surface area contributed by atoms with E-state index in [1.807, 2.05) is 61.5 Å². The predicted molar refractivity (Wildman–Crippen MR) is 137 cm³/mol. The van der Waals surface area contributed by atoms with Crippen LogP contribution in [0.1, 0.15) is 42.7 Å². The Kier molecular flexibility index (Phi) is 6.42. The minimum absolute atomic E-state index is 0.0165. The summed E-state index contributed by atoms with van der Waals surface area (Å²) in [5, 5.41) is 6.07. The summed E-state index contributed by atoms with van der Waals surface area (Å²) >= 11 is 0. The number of benzene rings is 3. The first-order valence-corrected chi connectivity index (χ1v) is 12.0. The summed E-state index contributed by atoms with van der Waals surface area (Å²) in [5.74, 6) is -1.03. The van der Waals surface area contributed by atoms with E-state index in [9.17, 15) is 14.0 Å². The Bertz CT molecular complexity index is 1390. The van der Waals surface area contributed by atoms with Gasteiger partial charge in [-0.2, -0.15) is 0 Å². The van der Waals surface area contributed by atoms with Crippen molar-refractivity contribution in [2.24, 2.45) is 0 Å². The van der Waals surface area contributed by atoms with Gasteiger partial charge in [-0.3, -0.25) is 9.59 Å². The normalized spacial score (nSPS) is 19.5. The number of carbonyl (C=O) groups excluding carboxylic acids is 2. The molecule has 5 nitrogen and oxygen atoms in total. The van der Waals surface area contributed by atoms with Crippen LogP contribution in [0, 0.1) is 5.82 Å². The lowest BCUT2D eigenvalue weighted by Gasteiger charge is -2.37. The van der Waals surface area contributed by atoms with E-state index < -0.39 is 17.6 Å². The number of amides is 1. The fraction of sp³-hybridized carbons (Fsp3) is 0.200. The van der Waals surface area contributed by atoms with Crippen LogP contribution in [0.2, 0.25) is 0 Å². The van der Waals surface area contributed by atoms with Gasteiger partial charge in [-0.15, -0.1) is 0 Å². The number of Topliss-reactive ketones (excluding diaryl/α,β-unsaturated/α-hetero) is 1. The fourth-order valence-corrected chi connectivity index (χ4v) is 5.27. The predicted octanol–water partition coefficient (Wildman–Crippen LogP) is 5.83. The van der Waals surface area contributed by atoms with Crippen LogP contribution < -0.4 is 15.4 Å². The second kappa shape index (κ2) is 9.82. The molecular weight excluding hydrogens is 455 g/mol. The highest BCUT2D eigenvalue weighted by Gasteiger charge is 2.42. The van der Waals surface area contributed by atoms with Gasteiger partial charge in [0.25, 0.3) is 5.91 Å². The van der Waals surface area contributed by atoms with E-state index in [-0.39, 0.29) is 17.4 Å². The molecule has 5 rings (SSSR count). The van der Waals surface area contributed by atoms with Crippen molar-refractivity contribution in [1.82, 2.24) is 5.32 Å². The summed E-state index contributed by atoms with van der Waals surface area (Å²) in [5.41, 5.74) is 4.29. The highest BCUT2D eigenvalue weighted by Crippen LogP contribution is 2.47. The average molecular weight is 483 g/mol. The molecule has 2 aliphatic rings. The first kappa shape index (κ1) is 23.5. The largest absolute Gasteiger partial charge is 0.496 e. The third-order valence-electron chi connectivity index (χ3n) is 6.92. The molecule has 1 heterocycles. The maximum Gasteiger partial charge on any atom is 0.254 e. The zero-order chi connectivity index (χ0) is 25.2. The monoisotopic (exact) mass is 482 g/mol. The summed E-state index contributed by atoms with van der Waals surface area (Å²) in [7, 11) is 1.57. The topological polar surface area (TPSA) is 67.4 Å². The van der Waals surface area contributed by atoms with Gasteiger partial charge in [0.2, 0.25) is 0 Å². The van der Waals surface area contributed by atoms with Gasteiger partial charge in [-0.1, -0.05) is 60.7 Å². The number of anilines is 1. The number of ketones is 1. The van der Waals surface area contributed by atoms with Gasteiger partial charge >= 0.3 is 0 Å². The zero-order valence-corrected chi connectivity index (χ0v) is 20.2. The molecule has 182 valence electrons. The molecule has 0 aromatic heterocycles. The number of para-hydroxylation sites is 2. The van der Waals surface area contributed by atoms with Gasteiger partial charge in [0.15, 0.2) is 5.78 Å². The molecule has 3 aromatic carbocycles. The molecule has 6 heteroatoms. The third-order valence-corrected chi connectivity index (χ3v) is 6.92. The van der Waals surface area contributed by atoms with Crippen LogP contribution in [0.5, 0.6) is 5.75 Å². The van der Waals surface area contributed by atoms with E-state index in [1.165, 1.54) is 12.1 Å². The minimum Gasteiger partial charge on any atom is -0.496 e. The van der Waals surface area contributed by atoms with Gasteiger partial charge in [-0.25, -0.2) is 4.39 Å². The molecule has 2 N–H and O–H groups in total. The van der Waals surface area contributed by atoms with Crippen LogP contribution in [-0.4, -0.2) is 18.8 Å². The first-order chi connectivity index (χ1) is 17.5. The number of hydrogen-bond donors (Lipinski definition) is 2.